The number of carbonyl (C=O) groups excluding carboxylic acids is 1. The molecule has 3 aromatic rings. The van der Waals surface area contributed by atoms with Crippen LogP contribution in [0.2, 0.25) is 0 Å². The average Bonchev–Trinajstić information content (AvgIpc) is 2.68. The van der Waals surface area contributed by atoms with Crippen LogP contribution in [0.5, 0.6) is 0 Å². The molecule has 0 saturated carbocycles. The van der Waals surface area contributed by atoms with Crippen LogP contribution in [0.15, 0.2) is 82.2 Å². The lowest BCUT2D eigenvalue weighted by atomic mass is 10.1. The van der Waals surface area contributed by atoms with Crippen molar-refractivity contribution in [1.82, 2.24) is 0 Å². The fourth-order valence-electron chi connectivity index (χ4n) is 2.70. The Morgan fingerprint density at radius 1 is 0.964 bits per heavy atom. The van der Waals surface area contributed by atoms with Gasteiger partial charge >= 0.3 is 0 Å². The van der Waals surface area contributed by atoms with Crippen molar-refractivity contribution in [2.24, 2.45) is 0 Å². The number of nitrogens with one attached hydrogen (secondary N) is 2. The monoisotopic (exact) mass is 458 g/mol. The van der Waals surface area contributed by atoms with Gasteiger partial charge in [0.2, 0.25) is 0 Å². The Morgan fingerprint density at radius 2 is 1.68 bits per heavy atom. The van der Waals surface area contributed by atoms with Gasteiger partial charge < -0.3 is 5.32 Å². The molecule has 0 aliphatic rings. The van der Waals surface area contributed by atoms with Gasteiger partial charge in [-0.15, -0.1) is 0 Å². The molecule has 0 radical (unpaired) electrons. The Bertz CT molecular complexity index is 1100. The van der Waals surface area contributed by atoms with Gasteiger partial charge in [-0.05, 0) is 60.5 Å². The predicted octanol–water partition coefficient (Wildman–Crippen LogP) is 5.06. The van der Waals surface area contributed by atoms with Crippen LogP contribution >= 0.6 is 15.9 Å². The number of benzene rings is 3. The van der Waals surface area contributed by atoms with E-state index in [-0.39, 0.29) is 10.8 Å². The molecule has 0 fully saturated rings. The van der Waals surface area contributed by atoms with Crippen molar-refractivity contribution in [2.45, 2.75) is 18.2 Å². The summed E-state index contributed by atoms with van der Waals surface area (Å²) < 4.78 is 28.4. The van der Waals surface area contributed by atoms with Gasteiger partial charge in [0.05, 0.1) is 4.90 Å². The third-order valence-electron chi connectivity index (χ3n) is 4.15. The lowest BCUT2D eigenvalue weighted by Gasteiger charge is -2.12. The maximum atomic E-state index is 12.6. The summed E-state index contributed by atoms with van der Waals surface area (Å²) in [7, 11) is -3.74. The van der Waals surface area contributed by atoms with Crippen LogP contribution in [0.3, 0.4) is 0 Å². The summed E-state index contributed by atoms with van der Waals surface area (Å²) >= 11 is 3.28. The van der Waals surface area contributed by atoms with Gasteiger partial charge in [0, 0.05) is 21.4 Å². The van der Waals surface area contributed by atoms with E-state index in [4.69, 9.17) is 0 Å². The third-order valence-corrected chi connectivity index (χ3v) is 6.07. The topological polar surface area (TPSA) is 75.3 Å². The number of carbonyl (C=O) groups is 1. The molecule has 3 rings (SSSR count). The molecular weight excluding hydrogens is 440 g/mol. The Balaban J connectivity index is 1.80. The second kappa shape index (κ2) is 8.58. The van der Waals surface area contributed by atoms with Crippen molar-refractivity contribution in [1.29, 1.82) is 0 Å². The highest BCUT2D eigenvalue weighted by Crippen LogP contribution is 2.21. The van der Waals surface area contributed by atoms with Crippen LogP contribution in [0.4, 0.5) is 11.4 Å². The van der Waals surface area contributed by atoms with Crippen LogP contribution in [-0.2, 0) is 16.4 Å². The maximum absolute atomic E-state index is 12.6. The largest absolute Gasteiger partial charge is 0.322 e. The molecule has 0 heterocycles. The van der Waals surface area contributed by atoms with Crippen molar-refractivity contribution in [3.05, 3.63) is 88.4 Å². The smallest absolute Gasteiger partial charge is 0.261 e. The molecule has 0 aliphatic carbocycles. The summed E-state index contributed by atoms with van der Waals surface area (Å²) in [4.78, 5) is 12.8. The quantitative estimate of drug-likeness (QED) is 0.541. The minimum absolute atomic E-state index is 0.141. The van der Waals surface area contributed by atoms with Gasteiger partial charge in [0.1, 0.15) is 0 Å². The zero-order valence-corrected chi connectivity index (χ0v) is 17.5. The van der Waals surface area contributed by atoms with Crippen molar-refractivity contribution in [3.63, 3.8) is 0 Å². The fourth-order valence-corrected chi connectivity index (χ4v) is 4.01. The van der Waals surface area contributed by atoms with E-state index >= 15 is 0 Å². The molecule has 28 heavy (non-hydrogen) atoms. The molecule has 0 unspecified atom stereocenters. The number of sulfonamides is 1. The number of hydrogen-bond donors (Lipinski definition) is 2. The molecule has 7 heteroatoms. The summed E-state index contributed by atoms with van der Waals surface area (Å²) in [5, 5.41) is 2.88. The summed E-state index contributed by atoms with van der Waals surface area (Å²) in [6, 6.07) is 20.3. The van der Waals surface area contributed by atoms with Gasteiger partial charge in [-0.25, -0.2) is 8.42 Å². The standard InChI is InChI=1S/C21H19BrN2O3S/c1-2-15-6-3-4-9-20(15)23-21(25)16-7-5-8-18(14-16)24-28(26,27)19-12-10-17(22)11-13-19/h3-14,24H,2H2,1H3,(H,23,25). The molecule has 0 atom stereocenters. The van der Waals surface area contributed by atoms with Gasteiger partial charge in [0.15, 0.2) is 0 Å². The van der Waals surface area contributed by atoms with Gasteiger partial charge in [-0.1, -0.05) is 47.1 Å². The van der Waals surface area contributed by atoms with Crippen LogP contribution in [0.25, 0.3) is 0 Å². The summed E-state index contributed by atoms with van der Waals surface area (Å²) in [6.45, 7) is 2.02. The molecule has 144 valence electrons. The first-order chi connectivity index (χ1) is 13.4. The highest BCUT2D eigenvalue weighted by atomic mass is 79.9. The van der Waals surface area contributed by atoms with Gasteiger partial charge in [-0.2, -0.15) is 0 Å². The van der Waals surface area contributed by atoms with E-state index in [2.05, 4.69) is 26.0 Å². The van der Waals surface area contributed by atoms with E-state index in [0.29, 0.717) is 11.3 Å². The van der Waals surface area contributed by atoms with Gasteiger partial charge in [-0.3, -0.25) is 9.52 Å². The molecule has 3 aromatic carbocycles. The molecule has 0 bridgehead atoms. The number of halogens is 1. The first-order valence-corrected chi connectivity index (χ1v) is 10.9. The van der Waals surface area contributed by atoms with Crippen molar-refractivity contribution in [2.75, 3.05) is 10.0 Å². The third kappa shape index (κ3) is 4.79. The summed E-state index contributed by atoms with van der Waals surface area (Å²) in [5.74, 6) is -0.300. The number of anilines is 2. The van der Waals surface area contributed by atoms with E-state index in [1.807, 2.05) is 31.2 Å². The lowest BCUT2D eigenvalue weighted by Crippen LogP contribution is -2.15. The van der Waals surface area contributed by atoms with Crippen molar-refractivity contribution in [3.8, 4) is 0 Å². The number of para-hydroxylation sites is 1. The first kappa shape index (κ1) is 20.1. The summed E-state index contributed by atoms with van der Waals surface area (Å²) in [5.41, 5.74) is 2.46. The van der Waals surface area contributed by atoms with E-state index in [0.717, 1.165) is 22.1 Å². The van der Waals surface area contributed by atoms with E-state index < -0.39 is 10.0 Å². The molecule has 2 N–H and O–H groups in total. The fraction of sp³-hybridized carbons (Fsp3) is 0.0952. The second-order valence-electron chi connectivity index (χ2n) is 6.11. The van der Waals surface area contributed by atoms with E-state index in [1.54, 1.807) is 30.3 Å². The Morgan fingerprint density at radius 3 is 2.39 bits per heavy atom. The Labute approximate surface area is 173 Å². The zero-order chi connectivity index (χ0) is 20.1. The van der Waals surface area contributed by atoms with E-state index in [1.165, 1.54) is 18.2 Å². The first-order valence-electron chi connectivity index (χ1n) is 8.67. The molecule has 0 saturated heterocycles. The molecule has 0 aromatic heterocycles. The second-order valence-corrected chi connectivity index (χ2v) is 8.70. The highest BCUT2D eigenvalue weighted by Gasteiger charge is 2.15. The predicted molar refractivity (Wildman–Crippen MR) is 115 cm³/mol. The Kier molecular flexibility index (Phi) is 6.16. The van der Waals surface area contributed by atoms with Crippen LogP contribution in [0.1, 0.15) is 22.8 Å². The Hall–Kier alpha value is -2.64. The molecule has 5 nitrogen and oxygen atoms in total. The molecular formula is C21H19BrN2O3S. The molecule has 1 amide bonds. The van der Waals surface area contributed by atoms with Crippen LogP contribution < -0.4 is 10.0 Å². The average molecular weight is 459 g/mol. The zero-order valence-electron chi connectivity index (χ0n) is 15.1. The molecule has 0 spiro atoms. The summed E-state index contributed by atoms with van der Waals surface area (Å²) in [6.07, 6.45) is 0.795. The van der Waals surface area contributed by atoms with Crippen molar-refractivity contribution < 1.29 is 13.2 Å². The van der Waals surface area contributed by atoms with Crippen molar-refractivity contribution >= 4 is 43.2 Å². The van der Waals surface area contributed by atoms with Crippen LogP contribution in [0, 0.1) is 0 Å². The number of aryl methyl sites for hydroxylation is 1. The minimum Gasteiger partial charge on any atom is -0.322 e. The maximum Gasteiger partial charge on any atom is 0.261 e. The van der Waals surface area contributed by atoms with Gasteiger partial charge in [0.25, 0.3) is 15.9 Å². The SMILES string of the molecule is CCc1ccccc1NC(=O)c1cccc(NS(=O)(=O)c2ccc(Br)cc2)c1. The minimum atomic E-state index is -3.74. The number of amides is 1. The number of hydrogen-bond acceptors (Lipinski definition) is 3. The highest BCUT2D eigenvalue weighted by molar-refractivity contribution is 9.10. The molecule has 0 aliphatic heterocycles. The lowest BCUT2D eigenvalue weighted by molar-refractivity contribution is 0.102. The number of rotatable bonds is 6. The van der Waals surface area contributed by atoms with Crippen LogP contribution in [-0.4, -0.2) is 14.3 Å². The normalized spacial score (nSPS) is 11.1. The van der Waals surface area contributed by atoms with E-state index in [9.17, 15) is 13.2 Å².